The summed E-state index contributed by atoms with van der Waals surface area (Å²) in [6.45, 7) is 1.54. The molecule has 0 amide bonds. The third-order valence-corrected chi connectivity index (χ3v) is 3.63. The van der Waals surface area contributed by atoms with Crippen LogP contribution in [0.4, 0.5) is 0 Å². The van der Waals surface area contributed by atoms with Crippen molar-refractivity contribution in [2.24, 2.45) is 0 Å². The van der Waals surface area contributed by atoms with Crippen molar-refractivity contribution < 1.29 is 4.57 Å². The molecule has 3 aromatic rings. The van der Waals surface area contributed by atoms with Crippen molar-refractivity contribution in [2.75, 3.05) is 0 Å². The number of hydrogen-bond acceptors (Lipinski definition) is 1. The second-order valence-electron chi connectivity index (χ2n) is 5.26. The minimum Gasteiger partial charge on any atom is -0.235 e. The lowest BCUT2D eigenvalue weighted by atomic mass is 10.1. The fraction of sp³-hybridized carbons (Fsp3) is 0.158. The molecule has 0 atom stereocenters. The smallest absolute Gasteiger partial charge is 0.235 e. The second-order valence-corrected chi connectivity index (χ2v) is 5.26. The van der Waals surface area contributed by atoms with Crippen LogP contribution in [0.2, 0.25) is 0 Å². The van der Waals surface area contributed by atoms with E-state index in [1.54, 1.807) is 0 Å². The van der Waals surface area contributed by atoms with Crippen molar-refractivity contribution in [1.29, 1.82) is 5.26 Å². The highest BCUT2D eigenvalue weighted by Crippen LogP contribution is 2.16. The Morgan fingerprint density at radius 1 is 0.955 bits per heavy atom. The molecule has 0 saturated heterocycles. The molecule has 1 aromatic heterocycles. The van der Waals surface area contributed by atoms with E-state index in [2.05, 4.69) is 76.3 Å². The maximum Gasteiger partial charge on any atom is 0.244 e. The normalized spacial score (nSPS) is 10.3. The lowest BCUT2D eigenvalue weighted by Crippen LogP contribution is -2.34. The summed E-state index contributed by atoms with van der Waals surface area (Å²) in [5.74, 6) is 0. The predicted molar refractivity (Wildman–Crippen MR) is 85.8 cm³/mol. The van der Waals surface area contributed by atoms with Gasteiger partial charge in [0.15, 0.2) is 5.69 Å². The van der Waals surface area contributed by atoms with E-state index in [0.29, 0.717) is 6.42 Å². The molecule has 0 spiro atoms. The number of imidazole rings is 1. The third-order valence-electron chi connectivity index (χ3n) is 3.63. The standard InChI is InChI=1S/C19H18N3/c20-12-7-13-21-15-19(18-10-5-2-6-11-18)22(16-21)14-17-8-3-1-4-9-17/h1-6,8-11,15-16H,7,13-14H2/q+1. The Bertz CT molecular complexity index is 767. The van der Waals surface area contributed by atoms with Crippen LogP contribution in [0, 0.1) is 11.3 Å². The highest BCUT2D eigenvalue weighted by atomic mass is 15.1. The van der Waals surface area contributed by atoms with E-state index in [9.17, 15) is 0 Å². The second kappa shape index (κ2) is 6.73. The molecule has 3 nitrogen and oxygen atoms in total. The van der Waals surface area contributed by atoms with Crippen LogP contribution in [0.25, 0.3) is 11.3 Å². The molecular formula is C19H18N3+. The molecular weight excluding hydrogens is 270 g/mol. The summed E-state index contributed by atoms with van der Waals surface area (Å²) >= 11 is 0. The number of nitriles is 1. The number of hydrogen-bond donors (Lipinski definition) is 0. The molecule has 3 heteroatoms. The fourth-order valence-corrected chi connectivity index (χ4v) is 2.56. The summed E-state index contributed by atoms with van der Waals surface area (Å²) in [5, 5.41) is 8.79. The molecule has 108 valence electrons. The zero-order chi connectivity index (χ0) is 15.2. The molecule has 2 aromatic carbocycles. The first kappa shape index (κ1) is 14.1. The van der Waals surface area contributed by atoms with Crippen LogP contribution in [-0.2, 0) is 13.1 Å². The Hall–Kier alpha value is -2.86. The van der Waals surface area contributed by atoms with Gasteiger partial charge in [0, 0.05) is 5.56 Å². The van der Waals surface area contributed by atoms with Gasteiger partial charge in [-0.15, -0.1) is 0 Å². The van der Waals surface area contributed by atoms with Crippen molar-refractivity contribution in [3.63, 3.8) is 0 Å². The van der Waals surface area contributed by atoms with E-state index in [1.807, 2.05) is 12.1 Å². The molecule has 0 bridgehead atoms. The number of rotatable bonds is 5. The molecule has 0 saturated carbocycles. The third kappa shape index (κ3) is 3.24. The molecule has 1 heterocycles. The molecule has 0 aliphatic carbocycles. The quantitative estimate of drug-likeness (QED) is 0.662. The summed E-state index contributed by atoms with van der Waals surface area (Å²) in [7, 11) is 0. The van der Waals surface area contributed by atoms with Gasteiger partial charge in [-0.05, 0) is 5.56 Å². The summed E-state index contributed by atoms with van der Waals surface area (Å²) in [6.07, 6.45) is 4.73. The minimum absolute atomic E-state index is 0.522. The van der Waals surface area contributed by atoms with Gasteiger partial charge in [0.1, 0.15) is 19.3 Å². The van der Waals surface area contributed by atoms with Gasteiger partial charge in [0.25, 0.3) is 0 Å². The Morgan fingerprint density at radius 3 is 2.32 bits per heavy atom. The summed E-state index contributed by atoms with van der Waals surface area (Å²) in [4.78, 5) is 0. The Kier molecular flexibility index (Phi) is 4.31. The molecule has 3 rings (SSSR count). The van der Waals surface area contributed by atoms with Crippen LogP contribution in [0.3, 0.4) is 0 Å². The predicted octanol–water partition coefficient (Wildman–Crippen LogP) is 3.40. The van der Waals surface area contributed by atoms with Gasteiger partial charge in [-0.3, -0.25) is 0 Å². The van der Waals surface area contributed by atoms with Crippen LogP contribution < -0.4 is 4.57 Å². The van der Waals surface area contributed by atoms with Crippen molar-refractivity contribution in [3.8, 4) is 17.3 Å². The van der Waals surface area contributed by atoms with Crippen molar-refractivity contribution >= 4 is 0 Å². The van der Waals surface area contributed by atoms with E-state index in [1.165, 1.54) is 16.8 Å². The molecule has 0 N–H and O–H groups in total. The molecule has 0 radical (unpaired) electrons. The number of benzene rings is 2. The lowest BCUT2D eigenvalue weighted by molar-refractivity contribution is -0.677. The molecule has 22 heavy (non-hydrogen) atoms. The van der Waals surface area contributed by atoms with Crippen molar-refractivity contribution in [1.82, 2.24) is 4.57 Å². The molecule has 0 aliphatic rings. The highest BCUT2D eigenvalue weighted by molar-refractivity contribution is 5.54. The first-order chi connectivity index (χ1) is 10.9. The van der Waals surface area contributed by atoms with Crippen molar-refractivity contribution in [2.45, 2.75) is 19.5 Å². The average Bonchev–Trinajstić information content (AvgIpc) is 2.97. The van der Waals surface area contributed by atoms with Crippen LogP contribution in [0.1, 0.15) is 12.0 Å². The van der Waals surface area contributed by atoms with Gasteiger partial charge in [0.05, 0.1) is 12.5 Å². The molecule has 0 aliphatic heterocycles. The highest BCUT2D eigenvalue weighted by Gasteiger charge is 2.15. The zero-order valence-corrected chi connectivity index (χ0v) is 12.4. The van der Waals surface area contributed by atoms with Gasteiger partial charge < -0.3 is 0 Å². The monoisotopic (exact) mass is 288 g/mol. The molecule has 0 unspecified atom stereocenters. The Balaban J connectivity index is 1.96. The van der Waals surface area contributed by atoms with Gasteiger partial charge in [-0.2, -0.15) is 5.26 Å². The van der Waals surface area contributed by atoms with Gasteiger partial charge in [-0.1, -0.05) is 60.7 Å². The Morgan fingerprint density at radius 2 is 1.64 bits per heavy atom. The van der Waals surface area contributed by atoms with Crippen LogP contribution in [-0.4, -0.2) is 4.57 Å². The van der Waals surface area contributed by atoms with Crippen LogP contribution in [0.5, 0.6) is 0 Å². The fourth-order valence-electron chi connectivity index (χ4n) is 2.56. The van der Waals surface area contributed by atoms with E-state index >= 15 is 0 Å². The SMILES string of the molecule is N#CCCn1cc(-c2ccccc2)[n+](Cc2ccccc2)c1. The zero-order valence-electron chi connectivity index (χ0n) is 12.4. The van der Waals surface area contributed by atoms with Gasteiger partial charge in [-0.25, -0.2) is 9.13 Å². The lowest BCUT2D eigenvalue weighted by Gasteiger charge is -2.02. The van der Waals surface area contributed by atoms with E-state index in [0.717, 1.165) is 13.1 Å². The summed E-state index contributed by atoms with van der Waals surface area (Å²) in [5.41, 5.74) is 3.62. The summed E-state index contributed by atoms with van der Waals surface area (Å²) in [6, 6.07) is 23.0. The first-order valence-corrected chi connectivity index (χ1v) is 7.42. The maximum absolute atomic E-state index is 8.79. The van der Waals surface area contributed by atoms with E-state index in [-0.39, 0.29) is 0 Å². The van der Waals surface area contributed by atoms with Crippen molar-refractivity contribution in [3.05, 3.63) is 78.8 Å². The molecule has 0 fully saturated rings. The Labute approximate surface area is 130 Å². The first-order valence-electron chi connectivity index (χ1n) is 7.42. The number of nitrogens with zero attached hydrogens (tertiary/aromatic N) is 3. The average molecular weight is 288 g/mol. The minimum atomic E-state index is 0.522. The van der Waals surface area contributed by atoms with Gasteiger partial charge >= 0.3 is 0 Å². The van der Waals surface area contributed by atoms with Crippen LogP contribution >= 0.6 is 0 Å². The topological polar surface area (TPSA) is 32.6 Å². The largest absolute Gasteiger partial charge is 0.244 e. The van der Waals surface area contributed by atoms with E-state index < -0.39 is 0 Å². The van der Waals surface area contributed by atoms with Gasteiger partial charge in [0.2, 0.25) is 6.33 Å². The number of aryl methyl sites for hydroxylation is 1. The van der Waals surface area contributed by atoms with E-state index in [4.69, 9.17) is 5.26 Å². The maximum atomic E-state index is 8.79. The number of aromatic nitrogens is 2. The van der Waals surface area contributed by atoms with Crippen LogP contribution in [0.15, 0.2) is 73.2 Å². The summed E-state index contributed by atoms with van der Waals surface area (Å²) < 4.78 is 4.33.